The van der Waals surface area contributed by atoms with E-state index in [9.17, 15) is 0 Å². The Morgan fingerprint density at radius 3 is 2.04 bits per heavy atom. The minimum absolute atomic E-state index is 0.500. The monoisotopic (exact) mass is 352 g/mol. The first-order valence-electron chi connectivity index (χ1n) is 10.1. The lowest BCUT2D eigenvalue weighted by molar-refractivity contribution is 0.856. The molecular formula is C27H28. The van der Waals surface area contributed by atoms with Gasteiger partial charge in [-0.3, -0.25) is 0 Å². The maximum absolute atomic E-state index is 2.43. The van der Waals surface area contributed by atoms with Crippen LogP contribution >= 0.6 is 0 Å². The first-order chi connectivity index (χ1) is 13.1. The van der Waals surface area contributed by atoms with E-state index in [0.717, 1.165) is 6.42 Å². The summed E-state index contributed by atoms with van der Waals surface area (Å²) < 4.78 is 0. The first-order valence-corrected chi connectivity index (χ1v) is 10.1. The molecule has 0 aliphatic heterocycles. The molecule has 0 fully saturated rings. The van der Waals surface area contributed by atoms with Crippen molar-refractivity contribution in [2.45, 2.75) is 46.0 Å². The zero-order valence-corrected chi connectivity index (χ0v) is 16.8. The van der Waals surface area contributed by atoms with Crippen molar-refractivity contribution in [1.29, 1.82) is 0 Å². The van der Waals surface area contributed by atoms with Crippen LogP contribution in [0.3, 0.4) is 0 Å². The van der Waals surface area contributed by atoms with Crippen molar-refractivity contribution in [3.63, 3.8) is 0 Å². The van der Waals surface area contributed by atoms with Gasteiger partial charge in [-0.15, -0.1) is 0 Å². The second-order valence-corrected chi connectivity index (χ2v) is 8.21. The van der Waals surface area contributed by atoms with Crippen molar-refractivity contribution in [3.8, 4) is 11.1 Å². The number of benzene rings is 3. The molecule has 27 heavy (non-hydrogen) atoms. The summed E-state index contributed by atoms with van der Waals surface area (Å²) in [4.78, 5) is 0. The smallest absolute Gasteiger partial charge is 0.00134 e. The minimum Gasteiger partial charge on any atom is -0.0622 e. The molecule has 0 saturated heterocycles. The van der Waals surface area contributed by atoms with Crippen molar-refractivity contribution in [3.05, 3.63) is 94.5 Å². The van der Waals surface area contributed by atoms with Crippen LogP contribution in [-0.2, 0) is 6.42 Å². The van der Waals surface area contributed by atoms with Gasteiger partial charge in [-0.2, -0.15) is 0 Å². The highest BCUT2D eigenvalue weighted by molar-refractivity contribution is 5.95. The average Bonchev–Trinajstić information content (AvgIpc) is 3.12. The summed E-state index contributed by atoms with van der Waals surface area (Å²) in [6.45, 7) is 9.20. The molecule has 0 saturated carbocycles. The Kier molecular flexibility index (Phi) is 4.74. The van der Waals surface area contributed by atoms with Crippen LogP contribution in [0.25, 0.3) is 22.8 Å². The molecule has 0 atom stereocenters. The van der Waals surface area contributed by atoms with Gasteiger partial charge in [0.05, 0.1) is 0 Å². The third-order valence-corrected chi connectivity index (χ3v) is 5.69. The maximum Gasteiger partial charge on any atom is -0.00134 e. The van der Waals surface area contributed by atoms with E-state index in [2.05, 4.69) is 101 Å². The van der Waals surface area contributed by atoms with Crippen molar-refractivity contribution < 1.29 is 0 Å². The lowest BCUT2D eigenvalue weighted by atomic mass is 9.83. The van der Waals surface area contributed by atoms with E-state index < -0.39 is 0 Å². The fourth-order valence-electron chi connectivity index (χ4n) is 4.28. The number of allylic oxidation sites excluding steroid dienone is 1. The van der Waals surface area contributed by atoms with Crippen molar-refractivity contribution >= 4 is 11.6 Å². The predicted octanol–water partition coefficient (Wildman–Crippen LogP) is 7.70. The molecule has 4 rings (SSSR count). The summed E-state index contributed by atoms with van der Waals surface area (Å²) in [5, 5.41) is 0. The molecule has 0 N–H and O–H groups in total. The van der Waals surface area contributed by atoms with Crippen LogP contribution < -0.4 is 0 Å². The lowest BCUT2D eigenvalue weighted by Crippen LogP contribution is -2.00. The van der Waals surface area contributed by atoms with Crippen LogP contribution in [-0.4, -0.2) is 0 Å². The number of hydrogen-bond donors (Lipinski definition) is 0. The summed E-state index contributed by atoms with van der Waals surface area (Å²) in [5.74, 6) is 1.01. The van der Waals surface area contributed by atoms with Crippen LogP contribution in [0.4, 0.5) is 0 Å². The van der Waals surface area contributed by atoms with Crippen LogP contribution in [0, 0.1) is 0 Å². The molecule has 0 amide bonds. The van der Waals surface area contributed by atoms with E-state index in [1.165, 1.54) is 44.5 Å². The molecule has 0 radical (unpaired) electrons. The van der Waals surface area contributed by atoms with Gasteiger partial charge in [-0.25, -0.2) is 0 Å². The van der Waals surface area contributed by atoms with Gasteiger partial charge in [0.2, 0.25) is 0 Å². The fraction of sp³-hybridized carbons (Fsp3) is 0.259. The molecule has 0 bridgehead atoms. The van der Waals surface area contributed by atoms with E-state index in [-0.39, 0.29) is 0 Å². The molecule has 0 spiro atoms. The number of rotatable bonds is 4. The molecule has 1 aliphatic carbocycles. The Morgan fingerprint density at radius 1 is 0.667 bits per heavy atom. The Morgan fingerprint density at radius 2 is 1.33 bits per heavy atom. The summed E-state index contributed by atoms with van der Waals surface area (Å²) in [6, 6.07) is 24.5. The SMILES string of the molecule is CC(C)c1ccccc1-c1c(C(C)C)ccc2c1C=C(c1ccccc1)C2. The normalized spacial score (nSPS) is 13.2. The van der Waals surface area contributed by atoms with Crippen LogP contribution in [0.15, 0.2) is 66.7 Å². The van der Waals surface area contributed by atoms with Gasteiger partial charge in [-0.05, 0) is 68.8 Å². The molecular weight excluding hydrogens is 324 g/mol. The van der Waals surface area contributed by atoms with E-state index in [4.69, 9.17) is 0 Å². The third-order valence-electron chi connectivity index (χ3n) is 5.69. The zero-order chi connectivity index (χ0) is 19.0. The van der Waals surface area contributed by atoms with E-state index in [1.54, 1.807) is 0 Å². The van der Waals surface area contributed by atoms with Gasteiger partial charge < -0.3 is 0 Å². The molecule has 1 aliphatic rings. The van der Waals surface area contributed by atoms with Gasteiger partial charge in [0, 0.05) is 0 Å². The second kappa shape index (κ2) is 7.19. The fourth-order valence-corrected chi connectivity index (χ4v) is 4.28. The standard InChI is InChI=1S/C27H28/c1-18(2)23-12-8-9-13-25(23)27-24(19(3)4)15-14-21-16-22(17-26(21)27)20-10-6-5-7-11-20/h5-15,17-19H,16H2,1-4H3. The third kappa shape index (κ3) is 3.25. The van der Waals surface area contributed by atoms with Crippen LogP contribution in [0.5, 0.6) is 0 Å². The zero-order valence-electron chi connectivity index (χ0n) is 16.8. The summed E-state index contributed by atoms with van der Waals surface area (Å²) >= 11 is 0. The van der Waals surface area contributed by atoms with Gasteiger partial charge in [0.1, 0.15) is 0 Å². The van der Waals surface area contributed by atoms with E-state index >= 15 is 0 Å². The maximum atomic E-state index is 2.43. The molecule has 0 nitrogen and oxygen atoms in total. The highest BCUT2D eigenvalue weighted by atomic mass is 14.3. The quantitative estimate of drug-likeness (QED) is 0.451. The summed E-state index contributed by atoms with van der Waals surface area (Å²) in [7, 11) is 0. The molecule has 3 aromatic carbocycles. The number of fused-ring (bicyclic) bond motifs is 1. The van der Waals surface area contributed by atoms with E-state index in [1.807, 2.05) is 0 Å². The summed E-state index contributed by atoms with van der Waals surface area (Å²) in [6.07, 6.45) is 3.46. The van der Waals surface area contributed by atoms with Gasteiger partial charge >= 0.3 is 0 Å². The van der Waals surface area contributed by atoms with Crippen LogP contribution in [0.1, 0.15) is 67.3 Å². The highest BCUT2D eigenvalue weighted by Gasteiger charge is 2.23. The summed E-state index contributed by atoms with van der Waals surface area (Å²) in [5.41, 5.74) is 11.4. The second-order valence-electron chi connectivity index (χ2n) is 8.21. The van der Waals surface area contributed by atoms with Gasteiger partial charge in [0.15, 0.2) is 0 Å². The Bertz CT molecular complexity index is 988. The largest absolute Gasteiger partial charge is 0.0622 e. The predicted molar refractivity (Wildman–Crippen MR) is 118 cm³/mol. The Balaban J connectivity index is 1.96. The molecule has 0 aromatic heterocycles. The van der Waals surface area contributed by atoms with E-state index in [0.29, 0.717) is 11.8 Å². The van der Waals surface area contributed by atoms with Gasteiger partial charge in [-0.1, -0.05) is 94.4 Å². The van der Waals surface area contributed by atoms with Crippen molar-refractivity contribution in [2.24, 2.45) is 0 Å². The molecule has 0 unspecified atom stereocenters. The lowest BCUT2D eigenvalue weighted by Gasteiger charge is -2.21. The average molecular weight is 353 g/mol. The molecule has 136 valence electrons. The van der Waals surface area contributed by atoms with Crippen molar-refractivity contribution in [1.82, 2.24) is 0 Å². The number of hydrogen-bond acceptors (Lipinski definition) is 0. The topological polar surface area (TPSA) is 0 Å². The molecule has 3 aromatic rings. The van der Waals surface area contributed by atoms with Gasteiger partial charge in [0.25, 0.3) is 0 Å². The first kappa shape index (κ1) is 17.8. The van der Waals surface area contributed by atoms with Crippen LogP contribution in [0.2, 0.25) is 0 Å². The minimum atomic E-state index is 0.500. The Labute approximate surface area is 163 Å². The highest BCUT2D eigenvalue weighted by Crippen LogP contribution is 2.43. The van der Waals surface area contributed by atoms with Crippen molar-refractivity contribution in [2.75, 3.05) is 0 Å². The molecule has 0 heteroatoms. The molecule has 0 heterocycles. The Hall–Kier alpha value is -2.60.